The van der Waals surface area contributed by atoms with E-state index in [-0.39, 0.29) is 11.8 Å². The fourth-order valence-electron chi connectivity index (χ4n) is 1.92. The van der Waals surface area contributed by atoms with Gasteiger partial charge in [-0.05, 0) is 18.2 Å². The van der Waals surface area contributed by atoms with Crippen LogP contribution in [0.4, 0.5) is 5.69 Å². The van der Waals surface area contributed by atoms with E-state index >= 15 is 0 Å². The van der Waals surface area contributed by atoms with Crippen LogP contribution < -0.4 is 10.6 Å². The molecule has 94 valence electrons. The summed E-state index contributed by atoms with van der Waals surface area (Å²) in [5, 5.41) is 5.98. The van der Waals surface area contributed by atoms with E-state index in [0.29, 0.717) is 0 Å². The van der Waals surface area contributed by atoms with Crippen LogP contribution in [0.5, 0.6) is 0 Å². The number of carbonyl (C=O) groups excluding carboxylic acids is 1. The molecule has 1 aromatic carbocycles. The van der Waals surface area contributed by atoms with Crippen LogP contribution in [0.15, 0.2) is 22.6 Å². The van der Waals surface area contributed by atoms with Crippen molar-refractivity contribution in [3.05, 3.63) is 24.1 Å². The molecule has 0 bridgehead atoms. The number of amides is 1. The zero-order valence-electron chi connectivity index (χ0n) is 10.2. The van der Waals surface area contributed by atoms with Gasteiger partial charge in [-0.3, -0.25) is 4.79 Å². The van der Waals surface area contributed by atoms with Gasteiger partial charge in [0.2, 0.25) is 5.91 Å². The number of hydrogen-bond donors (Lipinski definition) is 2. The number of oxazole rings is 1. The topological polar surface area (TPSA) is 67.2 Å². The first-order chi connectivity index (χ1) is 8.76. The van der Waals surface area contributed by atoms with Gasteiger partial charge >= 0.3 is 0 Å². The normalized spacial score (nSPS) is 15.6. The number of benzene rings is 1. The predicted molar refractivity (Wildman–Crippen MR) is 68.4 cm³/mol. The Balaban J connectivity index is 1.81. The van der Waals surface area contributed by atoms with Crippen LogP contribution in [-0.2, 0) is 11.2 Å². The van der Waals surface area contributed by atoms with Crippen molar-refractivity contribution in [2.45, 2.75) is 13.3 Å². The minimum atomic E-state index is 0.0623. The standard InChI is InChI=1S/C13H15N3O2/c1-2-12-16-10-5-9(3-4-11(10)18-12)15-13(17)8-6-14-7-8/h3-5,8,14H,2,6-7H2,1H3,(H,15,17). The molecular formula is C13H15N3O2. The quantitative estimate of drug-likeness (QED) is 0.861. The first-order valence-electron chi connectivity index (χ1n) is 6.17. The van der Waals surface area contributed by atoms with Gasteiger partial charge in [-0.1, -0.05) is 6.92 Å². The number of nitrogens with one attached hydrogen (secondary N) is 2. The second-order valence-electron chi connectivity index (χ2n) is 4.49. The van der Waals surface area contributed by atoms with Crippen molar-refractivity contribution in [1.29, 1.82) is 0 Å². The van der Waals surface area contributed by atoms with Crippen molar-refractivity contribution in [2.24, 2.45) is 5.92 Å². The maximum absolute atomic E-state index is 11.8. The first-order valence-corrected chi connectivity index (χ1v) is 6.17. The van der Waals surface area contributed by atoms with Gasteiger partial charge in [0.25, 0.3) is 0 Å². The van der Waals surface area contributed by atoms with Crippen molar-refractivity contribution in [1.82, 2.24) is 10.3 Å². The summed E-state index contributed by atoms with van der Waals surface area (Å²) < 4.78 is 5.52. The van der Waals surface area contributed by atoms with Crippen molar-refractivity contribution in [2.75, 3.05) is 18.4 Å². The van der Waals surface area contributed by atoms with Crippen molar-refractivity contribution >= 4 is 22.7 Å². The van der Waals surface area contributed by atoms with Gasteiger partial charge in [-0.2, -0.15) is 0 Å². The number of rotatable bonds is 3. The van der Waals surface area contributed by atoms with E-state index < -0.39 is 0 Å². The third kappa shape index (κ3) is 1.97. The molecule has 18 heavy (non-hydrogen) atoms. The molecule has 1 amide bonds. The molecule has 5 nitrogen and oxygen atoms in total. The number of aromatic nitrogens is 1. The van der Waals surface area contributed by atoms with Crippen molar-refractivity contribution in [3.8, 4) is 0 Å². The lowest BCUT2D eigenvalue weighted by atomic mass is 10.0. The Labute approximate surface area is 105 Å². The van der Waals surface area contributed by atoms with Gasteiger partial charge in [0.05, 0.1) is 5.92 Å². The molecule has 2 N–H and O–H groups in total. The number of hydrogen-bond acceptors (Lipinski definition) is 4. The molecule has 5 heteroatoms. The number of anilines is 1. The van der Waals surface area contributed by atoms with Gasteiger partial charge in [-0.15, -0.1) is 0 Å². The Morgan fingerprint density at radius 1 is 1.56 bits per heavy atom. The van der Waals surface area contributed by atoms with E-state index in [4.69, 9.17) is 4.42 Å². The number of fused-ring (bicyclic) bond motifs is 1. The Morgan fingerprint density at radius 3 is 3.06 bits per heavy atom. The summed E-state index contributed by atoms with van der Waals surface area (Å²) in [5.74, 6) is 0.869. The van der Waals surface area contributed by atoms with Gasteiger partial charge < -0.3 is 15.1 Å². The third-order valence-corrected chi connectivity index (χ3v) is 3.15. The molecular weight excluding hydrogens is 230 g/mol. The second-order valence-corrected chi connectivity index (χ2v) is 4.49. The highest BCUT2D eigenvalue weighted by Crippen LogP contribution is 2.21. The molecule has 0 aliphatic carbocycles. The predicted octanol–water partition coefficient (Wildman–Crippen LogP) is 1.55. The molecule has 0 atom stereocenters. The fraction of sp³-hybridized carbons (Fsp3) is 0.385. The number of nitrogens with zero attached hydrogens (tertiary/aromatic N) is 1. The Hall–Kier alpha value is -1.88. The summed E-state index contributed by atoms with van der Waals surface area (Å²) in [6.07, 6.45) is 0.768. The average Bonchev–Trinajstić information content (AvgIpc) is 2.68. The molecule has 1 saturated heterocycles. The van der Waals surface area contributed by atoms with Crippen LogP contribution in [0.25, 0.3) is 11.1 Å². The summed E-state index contributed by atoms with van der Waals surface area (Å²) >= 11 is 0. The highest BCUT2D eigenvalue weighted by molar-refractivity contribution is 5.95. The van der Waals surface area contributed by atoms with E-state index in [9.17, 15) is 4.79 Å². The Kier molecular flexibility index (Phi) is 2.76. The zero-order chi connectivity index (χ0) is 12.5. The maximum atomic E-state index is 11.8. The van der Waals surface area contributed by atoms with E-state index in [2.05, 4.69) is 15.6 Å². The van der Waals surface area contributed by atoms with Gasteiger partial charge in [0.15, 0.2) is 11.5 Å². The molecule has 1 aliphatic rings. The Morgan fingerprint density at radius 2 is 2.39 bits per heavy atom. The van der Waals surface area contributed by atoms with Crippen molar-refractivity contribution in [3.63, 3.8) is 0 Å². The van der Waals surface area contributed by atoms with E-state index in [0.717, 1.165) is 42.2 Å². The van der Waals surface area contributed by atoms with Crippen molar-refractivity contribution < 1.29 is 9.21 Å². The number of aryl methyl sites for hydroxylation is 1. The van der Waals surface area contributed by atoms with E-state index in [1.165, 1.54) is 0 Å². The van der Waals surface area contributed by atoms with Gasteiger partial charge in [0, 0.05) is 25.2 Å². The molecule has 0 unspecified atom stereocenters. The van der Waals surface area contributed by atoms with Crippen LogP contribution in [0.1, 0.15) is 12.8 Å². The number of carbonyl (C=O) groups is 1. The van der Waals surface area contributed by atoms with Crippen LogP contribution in [0.2, 0.25) is 0 Å². The van der Waals surface area contributed by atoms with Gasteiger partial charge in [0.1, 0.15) is 5.52 Å². The summed E-state index contributed by atoms with van der Waals surface area (Å²) in [6, 6.07) is 5.54. The molecule has 1 aromatic heterocycles. The van der Waals surface area contributed by atoms with Crippen LogP contribution in [0, 0.1) is 5.92 Å². The smallest absolute Gasteiger partial charge is 0.230 e. The lowest BCUT2D eigenvalue weighted by Gasteiger charge is -2.25. The minimum absolute atomic E-state index is 0.0623. The highest BCUT2D eigenvalue weighted by atomic mass is 16.3. The van der Waals surface area contributed by atoms with Crippen LogP contribution in [-0.4, -0.2) is 24.0 Å². The largest absolute Gasteiger partial charge is 0.441 e. The highest BCUT2D eigenvalue weighted by Gasteiger charge is 2.24. The van der Waals surface area contributed by atoms with Crippen LogP contribution in [0.3, 0.4) is 0 Å². The fourth-order valence-corrected chi connectivity index (χ4v) is 1.92. The van der Waals surface area contributed by atoms with E-state index in [1.807, 2.05) is 25.1 Å². The van der Waals surface area contributed by atoms with E-state index in [1.54, 1.807) is 0 Å². The third-order valence-electron chi connectivity index (χ3n) is 3.15. The monoisotopic (exact) mass is 245 g/mol. The molecule has 1 fully saturated rings. The van der Waals surface area contributed by atoms with Crippen LogP contribution >= 0.6 is 0 Å². The summed E-state index contributed by atoms with van der Waals surface area (Å²) in [6.45, 7) is 3.52. The first kappa shape index (κ1) is 11.2. The summed E-state index contributed by atoms with van der Waals surface area (Å²) in [5.41, 5.74) is 2.32. The minimum Gasteiger partial charge on any atom is -0.441 e. The summed E-state index contributed by atoms with van der Waals surface area (Å²) in [4.78, 5) is 16.1. The Bertz CT molecular complexity index is 587. The molecule has 2 heterocycles. The maximum Gasteiger partial charge on any atom is 0.230 e. The second kappa shape index (κ2) is 4.42. The molecule has 0 spiro atoms. The zero-order valence-corrected chi connectivity index (χ0v) is 10.2. The molecule has 1 aliphatic heterocycles. The molecule has 0 radical (unpaired) electrons. The molecule has 0 saturated carbocycles. The SMILES string of the molecule is CCc1nc2cc(NC(=O)C3CNC3)ccc2o1. The lowest BCUT2D eigenvalue weighted by Crippen LogP contribution is -2.48. The lowest BCUT2D eigenvalue weighted by molar-refractivity contribution is -0.121. The molecule has 2 aromatic rings. The summed E-state index contributed by atoms with van der Waals surface area (Å²) in [7, 11) is 0. The molecule has 3 rings (SSSR count). The average molecular weight is 245 g/mol. The van der Waals surface area contributed by atoms with Gasteiger partial charge in [-0.25, -0.2) is 4.98 Å².